The number of hydrogen-bond donors (Lipinski definition) is 1. The van der Waals surface area contributed by atoms with E-state index in [1.165, 1.54) is 12.0 Å². The molecule has 29 heavy (non-hydrogen) atoms. The zero-order valence-electron chi connectivity index (χ0n) is 17.9. The Kier molecular flexibility index (Phi) is 7.72. The van der Waals surface area contributed by atoms with Crippen LogP contribution in [0.1, 0.15) is 25.8 Å². The van der Waals surface area contributed by atoms with Gasteiger partial charge in [-0.3, -0.25) is 9.69 Å². The predicted octanol–water partition coefficient (Wildman–Crippen LogP) is 2.19. The van der Waals surface area contributed by atoms with E-state index in [1.807, 2.05) is 24.3 Å². The molecule has 0 unspecified atom stereocenters. The summed E-state index contributed by atoms with van der Waals surface area (Å²) in [5.74, 6) is 2.34. The average molecular weight is 419 g/mol. The molecular weight excluding hydrogens is 384 g/mol. The van der Waals surface area contributed by atoms with Crippen molar-refractivity contribution in [3.8, 4) is 5.75 Å². The lowest BCUT2D eigenvalue weighted by Crippen LogP contribution is -2.54. The Hall–Kier alpha value is -1.86. The van der Waals surface area contributed by atoms with Crippen LogP contribution in [0.25, 0.3) is 0 Å². The first-order valence-electron chi connectivity index (χ1n) is 10.6. The molecule has 3 rings (SSSR count). The molecule has 1 N–H and O–H groups in total. The van der Waals surface area contributed by atoms with E-state index in [-0.39, 0.29) is 5.91 Å². The van der Waals surface area contributed by atoms with E-state index in [0.717, 1.165) is 50.1 Å². The van der Waals surface area contributed by atoms with Gasteiger partial charge < -0.3 is 19.9 Å². The molecule has 1 aromatic carbocycles. The third kappa shape index (κ3) is 6.31. The van der Waals surface area contributed by atoms with E-state index in [0.29, 0.717) is 24.9 Å². The second kappa shape index (κ2) is 10.3. The standard InChI is InChI=1S/C22H34N4O2S/c1-17-12-18(2)15-26(14-17)21(27)16-24-8-10-25(11-9-24)22(29)23-13-19-4-6-20(28-3)7-5-19/h4-7,17-18H,8-16H2,1-3H3,(H,23,29)/t17-,18+. The van der Waals surface area contributed by atoms with E-state index < -0.39 is 0 Å². The molecule has 0 bridgehead atoms. The normalized spacial score (nSPS) is 23.0. The van der Waals surface area contributed by atoms with Gasteiger partial charge in [-0.15, -0.1) is 0 Å². The number of carbonyl (C=O) groups excluding carboxylic acids is 1. The quantitative estimate of drug-likeness (QED) is 0.740. The largest absolute Gasteiger partial charge is 0.497 e. The zero-order chi connectivity index (χ0) is 20.8. The lowest BCUT2D eigenvalue weighted by Gasteiger charge is -2.39. The molecule has 2 aliphatic rings. The van der Waals surface area contributed by atoms with Crippen molar-refractivity contribution in [2.24, 2.45) is 11.8 Å². The number of carbonyl (C=O) groups is 1. The number of piperidine rings is 1. The van der Waals surface area contributed by atoms with Gasteiger partial charge in [0.05, 0.1) is 13.7 Å². The lowest BCUT2D eigenvalue weighted by atomic mass is 9.92. The van der Waals surface area contributed by atoms with Gasteiger partial charge in [-0.1, -0.05) is 26.0 Å². The number of ether oxygens (including phenoxy) is 1. The molecule has 2 saturated heterocycles. The summed E-state index contributed by atoms with van der Waals surface area (Å²) in [5.41, 5.74) is 1.17. The molecule has 0 saturated carbocycles. The van der Waals surface area contributed by atoms with Crippen molar-refractivity contribution >= 4 is 23.2 Å². The van der Waals surface area contributed by atoms with E-state index in [4.69, 9.17) is 17.0 Å². The number of rotatable bonds is 5. The number of nitrogens with zero attached hydrogens (tertiary/aromatic N) is 3. The van der Waals surface area contributed by atoms with Crippen LogP contribution in [-0.4, -0.2) is 78.6 Å². The van der Waals surface area contributed by atoms with Gasteiger partial charge in [-0.25, -0.2) is 0 Å². The van der Waals surface area contributed by atoms with Crippen LogP contribution in [-0.2, 0) is 11.3 Å². The Morgan fingerprint density at radius 1 is 1.07 bits per heavy atom. The second-order valence-corrected chi connectivity index (χ2v) is 8.90. The third-order valence-corrected chi connectivity index (χ3v) is 6.25. The Morgan fingerprint density at radius 2 is 1.69 bits per heavy atom. The SMILES string of the molecule is COc1ccc(CNC(=S)N2CCN(CC(=O)N3C[C@H](C)C[C@H](C)C3)CC2)cc1. The Bertz CT molecular complexity index is 679. The number of thiocarbonyl (C=S) groups is 1. The van der Waals surface area contributed by atoms with Crippen LogP contribution < -0.4 is 10.1 Å². The van der Waals surface area contributed by atoms with Gasteiger partial charge in [0.25, 0.3) is 0 Å². The molecule has 0 aromatic heterocycles. The first-order chi connectivity index (χ1) is 13.9. The summed E-state index contributed by atoms with van der Waals surface area (Å²) < 4.78 is 5.19. The molecule has 2 heterocycles. The van der Waals surface area contributed by atoms with Crippen LogP contribution in [0.15, 0.2) is 24.3 Å². The number of amides is 1. The van der Waals surface area contributed by atoms with Crippen molar-refractivity contribution in [1.82, 2.24) is 20.0 Å². The molecular formula is C22H34N4O2S. The van der Waals surface area contributed by atoms with E-state index in [9.17, 15) is 4.79 Å². The lowest BCUT2D eigenvalue weighted by molar-refractivity contribution is -0.135. The van der Waals surface area contributed by atoms with Crippen LogP contribution in [0.4, 0.5) is 0 Å². The van der Waals surface area contributed by atoms with Crippen molar-refractivity contribution < 1.29 is 9.53 Å². The highest BCUT2D eigenvalue weighted by Crippen LogP contribution is 2.21. The fourth-order valence-corrected chi connectivity index (χ4v) is 4.55. The van der Waals surface area contributed by atoms with Gasteiger partial charge in [-0.2, -0.15) is 0 Å². The maximum atomic E-state index is 12.7. The minimum atomic E-state index is 0.275. The number of nitrogens with one attached hydrogen (secondary N) is 1. The van der Waals surface area contributed by atoms with Gasteiger partial charge in [0.15, 0.2) is 5.11 Å². The van der Waals surface area contributed by atoms with E-state index in [1.54, 1.807) is 7.11 Å². The van der Waals surface area contributed by atoms with Crippen LogP contribution in [0.2, 0.25) is 0 Å². The summed E-state index contributed by atoms with van der Waals surface area (Å²) in [5, 5.41) is 4.13. The summed E-state index contributed by atoms with van der Waals surface area (Å²) >= 11 is 5.57. The maximum absolute atomic E-state index is 12.7. The average Bonchev–Trinajstić information content (AvgIpc) is 2.72. The Labute approximate surface area is 180 Å². The fourth-order valence-electron chi connectivity index (χ4n) is 4.30. The smallest absolute Gasteiger partial charge is 0.236 e. The van der Waals surface area contributed by atoms with Crippen LogP contribution in [0.5, 0.6) is 5.75 Å². The summed E-state index contributed by atoms with van der Waals surface area (Å²) in [6.45, 7) is 11.0. The van der Waals surface area contributed by atoms with Gasteiger partial charge >= 0.3 is 0 Å². The summed E-state index contributed by atoms with van der Waals surface area (Å²) in [7, 11) is 1.67. The van der Waals surface area contributed by atoms with Gasteiger partial charge in [0.1, 0.15) is 5.75 Å². The Balaban J connectivity index is 1.39. The second-order valence-electron chi connectivity index (χ2n) is 8.51. The van der Waals surface area contributed by atoms with Crippen molar-refractivity contribution in [2.45, 2.75) is 26.8 Å². The minimum absolute atomic E-state index is 0.275. The fraction of sp³-hybridized carbons (Fsp3) is 0.636. The molecule has 2 aliphatic heterocycles. The van der Waals surface area contributed by atoms with Crippen molar-refractivity contribution in [2.75, 3.05) is 52.9 Å². The number of methoxy groups -OCH3 is 1. The highest BCUT2D eigenvalue weighted by atomic mass is 32.1. The van der Waals surface area contributed by atoms with Gasteiger partial charge in [0.2, 0.25) is 5.91 Å². The highest BCUT2D eigenvalue weighted by Gasteiger charge is 2.27. The van der Waals surface area contributed by atoms with Gasteiger partial charge in [-0.05, 0) is 48.2 Å². The molecule has 0 radical (unpaired) electrons. The van der Waals surface area contributed by atoms with Crippen LogP contribution >= 0.6 is 12.2 Å². The number of hydrogen-bond acceptors (Lipinski definition) is 4. The predicted molar refractivity (Wildman–Crippen MR) is 120 cm³/mol. The summed E-state index contributed by atoms with van der Waals surface area (Å²) in [4.78, 5) is 19.2. The van der Waals surface area contributed by atoms with Crippen LogP contribution in [0, 0.1) is 11.8 Å². The van der Waals surface area contributed by atoms with E-state index in [2.05, 4.69) is 33.9 Å². The molecule has 1 aromatic rings. The molecule has 1 amide bonds. The third-order valence-electron chi connectivity index (χ3n) is 5.84. The molecule has 6 nitrogen and oxygen atoms in total. The maximum Gasteiger partial charge on any atom is 0.236 e. The Morgan fingerprint density at radius 3 is 2.28 bits per heavy atom. The molecule has 2 atom stereocenters. The first kappa shape index (κ1) is 21.8. The number of likely N-dealkylation sites (tertiary alicyclic amines) is 1. The first-order valence-corrected chi connectivity index (χ1v) is 11.0. The zero-order valence-corrected chi connectivity index (χ0v) is 18.7. The molecule has 0 spiro atoms. The minimum Gasteiger partial charge on any atom is -0.497 e. The van der Waals surface area contributed by atoms with Gasteiger partial charge in [0, 0.05) is 45.8 Å². The molecule has 2 fully saturated rings. The van der Waals surface area contributed by atoms with Crippen molar-refractivity contribution in [3.05, 3.63) is 29.8 Å². The molecule has 0 aliphatic carbocycles. The molecule has 7 heteroatoms. The van der Waals surface area contributed by atoms with Crippen LogP contribution in [0.3, 0.4) is 0 Å². The highest BCUT2D eigenvalue weighted by molar-refractivity contribution is 7.80. The van der Waals surface area contributed by atoms with Crippen molar-refractivity contribution in [3.63, 3.8) is 0 Å². The monoisotopic (exact) mass is 418 g/mol. The van der Waals surface area contributed by atoms with E-state index >= 15 is 0 Å². The summed E-state index contributed by atoms with van der Waals surface area (Å²) in [6, 6.07) is 8.00. The van der Waals surface area contributed by atoms with Crippen molar-refractivity contribution in [1.29, 1.82) is 0 Å². The number of benzene rings is 1. The topological polar surface area (TPSA) is 48.1 Å². The summed E-state index contributed by atoms with van der Waals surface area (Å²) in [6.07, 6.45) is 1.23. The number of piperazine rings is 1. The molecule has 160 valence electrons.